The van der Waals surface area contributed by atoms with Crippen molar-refractivity contribution in [1.29, 1.82) is 0 Å². The fraction of sp³-hybridized carbons (Fsp3) is 0.524. The van der Waals surface area contributed by atoms with Crippen molar-refractivity contribution in [3.05, 3.63) is 36.4 Å². The molecule has 0 unspecified atom stereocenters. The molecule has 0 N–H and O–H groups in total. The highest BCUT2D eigenvalue weighted by Gasteiger charge is 2.20. The van der Waals surface area contributed by atoms with Gasteiger partial charge in [-0.3, -0.25) is 0 Å². The maximum absolute atomic E-state index is 5.00. The van der Waals surface area contributed by atoms with Crippen LogP contribution in [0, 0.1) is 0 Å². The molecule has 0 bridgehead atoms. The van der Waals surface area contributed by atoms with Crippen molar-refractivity contribution in [1.82, 2.24) is 14.9 Å². The van der Waals surface area contributed by atoms with Gasteiger partial charge in [0.1, 0.15) is 5.82 Å². The molecule has 0 spiro atoms. The third-order valence-corrected chi connectivity index (χ3v) is 5.49. The predicted octanol–water partition coefficient (Wildman–Crippen LogP) is 3.28. The maximum atomic E-state index is 5.00. The molecule has 2 aromatic rings. The monoisotopic (exact) mass is 351 g/mol. The Balaban J connectivity index is 1.69. The van der Waals surface area contributed by atoms with Gasteiger partial charge in [-0.05, 0) is 19.9 Å². The van der Waals surface area contributed by atoms with Gasteiger partial charge in [0.15, 0.2) is 0 Å². The third-order valence-electron chi connectivity index (χ3n) is 5.49. The van der Waals surface area contributed by atoms with Gasteiger partial charge in [-0.1, -0.05) is 43.2 Å². The van der Waals surface area contributed by atoms with E-state index in [1.807, 2.05) is 0 Å². The van der Waals surface area contributed by atoms with Crippen LogP contribution in [0.3, 0.4) is 0 Å². The lowest BCUT2D eigenvalue weighted by atomic mass is 10.1. The van der Waals surface area contributed by atoms with E-state index in [9.17, 15) is 0 Å². The molecule has 2 aliphatic heterocycles. The number of hydrogen-bond acceptors (Lipinski definition) is 5. The van der Waals surface area contributed by atoms with Gasteiger partial charge in [0.2, 0.25) is 5.95 Å². The van der Waals surface area contributed by atoms with Crippen LogP contribution in [0.2, 0.25) is 0 Å². The van der Waals surface area contributed by atoms with Crippen LogP contribution in [0.15, 0.2) is 36.4 Å². The van der Waals surface area contributed by atoms with E-state index in [1.165, 1.54) is 31.2 Å². The number of anilines is 2. The van der Waals surface area contributed by atoms with Crippen LogP contribution < -0.4 is 9.80 Å². The molecule has 3 heterocycles. The van der Waals surface area contributed by atoms with E-state index >= 15 is 0 Å². The summed E-state index contributed by atoms with van der Waals surface area (Å²) >= 11 is 0. The van der Waals surface area contributed by atoms with Crippen LogP contribution in [0.4, 0.5) is 11.8 Å². The molecule has 5 heteroatoms. The standard InChI is InChI=1S/C21H29N5/c1-24-13-15-25(16-14-24)20-17-19(18-9-5-4-6-10-18)22-21(23-20)26-11-7-2-3-8-12-26/h4-6,9-10,17H,2-3,7-8,11-16H2,1H3. The van der Waals surface area contributed by atoms with Gasteiger partial charge in [0, 0.05) is 50.9 Å². The molecule has 2 aliphatic rings. The SMILES string of the molecule is CN1CCN(c2cc(-c3ccccc3)nc(N3CCCCCC3)n2)CC1. The molecule has 2 saturated heterocycles. The van der Waals surface area contributed by atoms with Gasteiger partial charge in [-0.25, -0.2) is 4.98 Å². The number of likely N-dealkylation sites (N-methyl/N-ethyl adjacent to an activating group) is 1. The first-order chi connectivity index (χ1) is 12.8. The molecule has 26 heavy (non-hydrogen) atoms. The summed E-state index contributed by atoms with van der Waals surface area (Å²) in [7, 11) is 2.19. The van der Waals surface area contributed by atoms with Crippen molar-refractivity contribution in [2.24, 2.45) is 0 Å². The first-order valence-corrected chi connectivity index (χ1v) is 9.92. The van der Waals surface area contributed by atoms with E-state index < -0.39 is 0 Å². The van der Waals surface area contributed by atoms with Gasteiger partial charge < -0.3 is 14.7 Å². The van der Waals surface area contributed by atoms with Crippen molar-refractivity contribution >= 4 is 11.8 Å². The number of benzene rings is 1. The fourth-order valence-corrected chi connectivity index (χ4v) is 3.79. The van der Waals surface area contributed by atoms with E-state index in [2.05, 4.69) is 58.1 Å². The molecule has 0 amide bonds. The van der Waals surface area contributed by atoms with Crippen LogP contribution in [0.25, 0.3) is 11.3 Å². The normalized spacial score (nSPS) is 19.4. The molecule has 0 saturated carbocycles. The number of nitrogens with zero attached hydrogens (tertiary/aromatic N) is 5. The Morgan fingerprint density at radius 1 is 0.731 bits per heavy atom. The van der Waals surface area contributed by atoms with Crippen molar-refractivity contribution in [3.63, 3.8) is 0 Å². The summed E-state index contributed by atoms with van der Waals surface area (Å²) in [5.41, 5.74) is 2.20. The number of aromatic nitrogens is 2. The molecule has 0 radical (unpaired) electrons. The summed E-state index contributed by atoms with van der Waals surface area (Å²) in [6, 6.07) is 12.7. The average Bonchev–Trinajstić information content (AvgIpc) is 2.98. The summed E-state index contributed by atoms with van der Waals surface area (Å²) in [5, 5.41) is 0. The van der Waals surface area contributed by atoms with Crippen LogP contribution >= 0.6 is 0 Å². The summed E-state index contributed by atoms with van der Waals surface area (Å²) in [5.74, 6) is 1.98. The maximum Gasteiger partial charge on any atom is 0.227 e. The zero-order chi connectivity index (χ0) is 17.8. The Kier molecular flexibility index (Phi) is 5.34. The molecule has 4 rings (SSSR count). The zero-order valence-corrected chi connectivity index (χ0v) is 15.8. The van der Waals surface area contributed by atoms with Crippen LogP contribution in [-0.2, 0) is 0 Å². The summed E-state index contributed by atoms with van der Waals surface area (Å²) in [4.78, 5) is 17.1. The Morgan fingerprint density at radius 3 is 2.12 bits per heavy atom. The van der Waals surface area contributed by atoms with Crippen LogP contribution in [-0.4, -0.2) is 61.2 Å². The number of rotatable bonds is 3. The number of piperazine rings is 1. The second kappa shape index (κ2) is 8.04. The van der Waals surface area contributed by atoms with Gasteiger partial charge in [0.25, 0.3) is 0 Å². The molecule has 1 aromatic carbocycles. The smallest absolute Gasteiger partial charge is 0.227 e. The van der Waals surface area contributed by atoms with E-state index in [0.29, 0.717) is 0 Å². The minimum Gasteiger partial charge on any atom is -0.354 e. The van der Waals surface area contributed by atoms with Crippen LogP contribution in [0.5, 0.6) is 0 Å². The van der Waals surface area contributed by atoms with Crippen molar-refractivity contribution in [2.45, 2.75) is 25.7 Å². The lowest BCUT2D eigenvalue weighted by Crippen LogP contribution is -2.45. The lowest BCUT2D eigenvalue weighted by Gasteiger charge is -2.34. The second-order valence-electron chi connectivity index (χ2n) is 7.47. The third kappa shape index (κ3) is 3.98. The predicted molar refractivity (Wildman–Crippen MR) is 108 cm³/mol. The van der Waals surface area contributed by atoms with Gasteiger partial charge in [-0.15, -0.1) is 0 Å². The van der Waals surface area contributed by atoms with E-state index in [1.54, 1.807) is 0 Å². The van der Waals surface area contributed by atoms with Crippen molar-refractivity contribution in [2.75, 3.05) is 56.1 Å². The molecule has 5 nitrogen and oxygen atoms in total. The molecular weight excluding hydrogens is 322 g/mol. The van der Waals surface area contributed by atoms with E-state index in [0.717, 1.165) is 56.7 Å². The lowest BCUT2D eigenvalue weighted by molar-refractivity contribution is 0.312. The molecule has 0 aliphatic carbocycles. The Hall–Kier alpha value is -2.14. The minimum absolute atomic E-state index is 0.905. The van der Waals surface area contributed by atoms with Gasteiger partial charge >= 0.3 is 0 Å². The fourth-order valence-electron chi connectivity index (χ4n) is 3.79. The van der Waals surface area contributed by atoms with Crippen LogP contribution in [0.1, 0.15) is 25.7 Å². The van der Waals surface area contributed by atoms with Crippen molar-refractivity contribution < 1.29 is 0 Å². The molecule has 138 valence electrons. The Bertz CT molecular complexity index is 702. The quantitative estimate of drug-likeness (QED) is 0.848. The molecule has 1 aromatic heterocycles. The summed E-state index contributed by atoms with van der Waals surface area (Å²) < 4.78 is 0. The molecular formula is C21H29N5. The van der Waals surface area contributed by atoms with Gasteiger partial charge in [0.05, 0.1) is 5.69 Å². The highest BCUT2D eigenvalue weighted by molar-refractivity contribution is 5.65. The minimum atomic E-state index is 0.905. The largest absolute Gasteiger partial charge is 0.354 e. The average molecular weight is 351 g/mol. The Labute approximate surface area is 156 Å². The molecule has 0 atom stereocenters. The first-order valence-electron chi connectivity index (χ1n) is 9.92. The summed E-state index contributed by atoms with van der Waals surface area (Å²) in [6.45, 7) is 6.37. The van der Waals surface area contributed by atoms with E-state index in [4.69, 9.17) is 9.97 Å². The highest BCUT2D eigenvalue weighted by Crippen LogP contribution is 2.26. The second-order valence-corrected chi connectivity index (χ2v) is 7.47. The molecule has 2 fully saturated rings. The zero-order valence-electron chi connectivity index (χ0n) is 15.8. The highest BCUT2D eigenvalue weighted by atomic mass is 15.3. The first kappa shape index (κ1) is 17.3. The number of hydrogen-bond donors (Lipinski definition) is 0. The van der Waals surface area contributed by atoms with E-state index in [-0.39, 0.29) is 0 Å². The van der Waals surface area contributed by atoms with Gasteiger partial charge in [-0.2, -0.15) is 4.98 Å². The topological polar surface area (TPSA) is 35.5 Å². The van der Waals surface area contributed by atoms with Crippen molar-refractivity contribution in [3.8, 4) is 11.3 Å². The summed E-state index contributed by atoms with van der Waals surface area (Å²) in [6.07, 6.45) is 5.12. The Morgan fingerprint density at radius 2 is 1.42 bits per heavy atom.